The number of carboxylic acid groups (broad SMARTS) is 1. The van der Waals surface area contributed by atoms with Crippen molar-refractivity contribution in [1.82, 2.24) is 41.6 Å². The maximum Gasteiger partial charge on any atom is 0.331 e. The fourth-order valence-corrected chi connectivity index (χ4v) is 10.4. The number of carboxylic acids is 1. The van der Waals surface area contributed by atoms with Gasteiger partial charge in [0, 0.05) is 47.7 Å². The maximum atomic E-state index is 14.2. The summed E-state index contributed by atoms with van der Waals surface area (Å²) in [6, 6.07) is 25.2. The molecular formula is C70H96N10O10. The van der Waals surface area contributed by atoms with Crippen molar-refractivity contribution < 1.29 is 48.2 Å². The van der Waals surface area contributed by atoms with E-state index >= 15 is 0 Å². The van der Waals surface area contributed by atoms with Crippen LogP contribution in [0.2, 0.25) is 0 Å². The van der Waals surface area contributed by atoms with Crippen LogP contribution in [0.15, 0.2) is 109 Å². The van der Waals surface area contributed by atoms with E-state index in [0.29, 0.717) is 47.3 Å². The number of carbonyl (C=O) groups is 8. The fraction of sp³-hybridized carbons (Fsp3) is 0.486. The molecule has 6 amide bonds. The molecule has 2 heterocycles. The van der Waals surface area contributed by atoms with Gasteiger partial charge in [0.05, 0.1) is 30.7 Å². The van der Waals surface area contributed by atoms with Gasteiger partial charge in [-0.15, -0.1) is 0 Å². The Morgan fingerprint density at radius 3 is 1.90 bits per heavy atom. The van der Waals surface area contributed by atoms with Gasteiger partial charge in [0.1, 0.15) is 36.1 Å². The van der Waals surface area contributed by atoms with Crippen molar-refractivity contribution in [2.75, 3.05) is 24.3 Å². The SMILES string of the molecule is CC(C)(C)C.CN[C@H](C(=O)N[C@H](C(=O)N(C)[C@H](/C=C(\C)C(=O)O)C(C)C)C(C)(C)C)C(C)(C)c1cccc(CC(=O)OCc2ccc(NC(=O)[C@H](C)NC(=O)[C@@H](NC(=O)CCCCC(=O)N3Cc4ccccc4-c4n[nH]nc4-c4ccccc43)C(C)C)cc2)c1. The largest absolute Gasteiger partial charge is 0.478 e. The van der Waals surface area contributed by atoms with E-state index in [9.17, 15) is 43.5 Å². The van der Waals surface area contributed by atoms with Crippen molar-refractivity contribution in [3.63, 3.8) is 0 Å². The third kappa shape index (κ3) is 20.3. The Morgan fingerprint density at radius 1 is 0.700 bits per heavy atom. The highest BCUT2D eigenvalue weighted by atomic mass is 16.5. The van der Waals surface area contributed by atoms with Gasteiger partial charge in [-0.2, -0.15) is 15.4 Å². The fourth-order valence-electron chi connectivity index (χ4n) is 10.4. The Labute approximate surface area is 531 Å². The van der Waals surface area contributed by atoms with Gasteiger partial charge in [0.15, 0.2) is 0 Å². The number of carbonyl (C=O) groups excluding carboxylic acids is 7. The average molecular weight is 1240 g/mol. The Balaban J connectivity index is 0.00000283. The molecule has 0 fully saturated rings. The van der Waals surface area contributed by atoms with Gasteiger partial charge in [0.25, 0.3) is 0 Å². The molecule has 90 heavy (non-hydrogen) atoms. The van der Waals surface area contributed by atoms with Crippen molar-refractivity contribution in [2.45, 2.75) is 185 Å². The van der Waals surface area contributed by atoms with E-state index in [4.69, 9.17) is 4.74 Å². The zero-order valence-electron chi connectivity index (χ0n) is 55.7. The zero-order chi connectivity index (χ0) is 67.0. The quantitative estimate of drug-likeness (QED) is 0.0163. The third-order valence-corrected chi connectivity index (χ3v) is 15.5. The van der Waals surface area contributed by atoms with Crippen LogP contribution in [0, 0.1) is 22.7 Å². The highest BCUT2D eigenvalue weighted by Crippen LogP contribution is 2.40. The molecule has 1 aliphatic rings. The first-order chi connectivity index (χ1) is 42.1. The van der Waals surface area contributed by atoms with Gasteiger partial charge in [0.2, 0.25) is 35.4 Å². The van der Waals surface area contributed by atoms with Crippen molar-refractivity contribution in [1.29, 1.82) is 0 Å². The van der Waals surface area contributed by atoms with Crippen LogP contribution in [-0.4, -0.2) is 117 Å². The van der Waals surface area contributed by atoms with Crippen molar-refractivity contribution >= 4 is 58.8 Å². The van der Waals surface area contributed by atoms with E-state index in [1.807, 2.05) is 115 Å². The average Bonchev–Trinajstić information content (AvgIpc) is 1.45. The molecule has 0 unspecified atom stereocenters. The van der Waals surface area contributed by atoms with Crippen molar-refractivity contribution in [3.05, 3.63) is 131 Å². The molecule has 4 aromatic carbocycles. The summed E-state index contributed by atoms with van der Waals surface area (Å²) in [6.07, 6.45) is 2.63. The van der Waals surface area contributed by atoms with Gasteiger partial charge in [-0.25, -0.2) is 4.79 Å². The number of hydrogen-bond acceptors (Lipinski definition) is 12. The maximum absolute atomic E-state index is 14.2. The van der Waals surface area contributed by atoms with Gasteiger partial charge < -0.3 is 46.2 Å². The number of aliphatic carboxylic acids is 1. The number of nitrogens with one attached hydrogen (secondary N) is 6. The number of ether oxygens (including phenoxy) is 1. The molecule has 0 saturated heterocycles. The number of benzene rings is 4. The molecule has 20 nitrogen and oxygen atoms in total. The predicted octanol–water partition coefficient (Wildman–Crippen LogP) is 10.1. The summed E-state index contributed by atoms with van der Waals surface area (Å²) in [5.41, 5.74) is 6.29. The van der Waals surface area contributed by atoms with Crippen LogP contribution in [0.1, 0.15) is 152 Å². The highest BCUT2D eigenvalue weighted by molar-refractivity contribution is 6.01. The number of para-hydroxylation sites is 1. The van der Waals surface area contributed by atoms with Crippen LogP contribution >= 0.6 is 0 Å². The summed E-state index contributed by atoms with van der Waals surface area (Å²) in [6.45, 7) is 28.8. The second-order valence-electron chi connectivity index (χ2n) is 27.2. The number of fused-ring (bicyclic) bond motifs is 5. The number of amides is 6. The van der Waals surface area contributed by atoms with E-state index < -0.39 is 70.7 Å². The molecule has 0 bridgehead atoms. The number of rotatable bonds is 25. The van der Waals surface area contributed by atoms with E-state index in [1.165, 1.54) is 11.8 Å². The molecule has 7 N–H and O–H groups in total. The summed E-state index contributed by atoms with van der Waals surface area (Å²) >= 11 is 0. The summed E-state index contributed by atoms with van der Waals surface area (Å²) in [5, 5.41) is 35.6. The normalized spacial score (nSPS) is 14.1. The Kier molecular flexibility index (Phi) is 25.5. The van der Waals surface area contributed by atoms with E-state index in [0.717, 1.165) is 33.6 Å². The lowest BCUT2D eigenvalue weighted by Gasteiger charge is -2.40. The van der Waals surface area contributed by atoms with Crippen molar-refractivity contribution in [3.8, 4) is 22.5 Å². The number of aromatic amines is 1. The summed E-state index contributed by atoms with van der Waals surface area (Å²) in [4.78, 5) is 110. The molecule has 0 saturated carbocycles. The number of aromatic nitrogens is 3. The molecule has 6 rings (SSSR count). The number of likely N-dealkylation sites (N-methyl/N-ethyl adjacent to an activating group) is 2. The molecule has 0 spiro atoms. The number of esters is 1. The molecule has 5 atom stereocenters. The summed E-state index contributed by atoms with van der Waals surface area (Å²) in [5.74, 6) is -4.20. The molecule has 0 radical (unpaired) electrons. The van der Waals surface area contributed by atoms with E-state index in [-0.39, 0.29) is 61.0 Å². The minimum atomic E-state index is -1.08. The molecule has 1 aliphatic heterocycles. The first-order valence-electron chi connectivity index (χ1n) is 30.9. The first-order valence-corrected chi connectivity index (χ1v) is 30.9. The lowest BCUT2D eigenvalue weighted by atomic mass is 9.76. The topological polar surface area (TPSA) is 274 Å². The molecule has 0 aliphatic carbocycles. The van der Waals surface area contributed by atoms with Gasteiger partial charge in [-0.05, 0) is 96.9 Å². The monoisotopic (exact) mass is 1240 g/mol. The third-order valence-electron chi connectivity index (χ3n) is 15.5. The number of unbranched alkanes of at least 4 members (excludes halogenated alkanes) is 1. The summed E-state index contributed by atoms with van der Waals surface area (Å²) in [7, 11) is 3.28. The molecule has 20 heteroatoms. The second kappa shape index (κ2) is 31.8. The number of H-pyrrole nitrogens is 1. The second-order valence-corrected chi connectivity index (χ2v) is 27.2. The molecule has 5 aromatic rings. The van der Waals surface area contributed by atoms with Crippen molar-refractivity contribution in [2.24, 2.45) is 22.7 Å². The van der Waals surface area contributed by atoms with Crippen LogP contribution in [0.25, 0.3) is 22.5 Å². The Bertz CT molecular complexity index is 3350. The lowest BCUT2D eigenvalue weighted by Crippen LogP contribution is -2.61. The lowest BCUT2D eigenvalue weighted by molar-refractivity contribution is -0.144. The smallest absolute Gasteiger partial charge is 0.331 e. The van der Waals surface area contributed by atoms with Crippen LogP contribution in [0.5, 0.6) is 0 Å². The van der Waals surface area contributed by atoms with Crippen LogP contribution in [-0.2, 0) is 68.1 Å². The van der Waals surface area contributed by atoms with E-state index in [1.54, 1.807) is 76.2 Å². The van der Waals surface area contributed by atoms with Crippen LogP contribution in [0.3, 0.4) is 0 Å². The van der Waals surface area contributed by atoms with Gasteiger partial charge in [-0.3, -0.25) is 33.6 Å². The Morgan fingerprint density at radius 2 is 1.30 bits per heavy atom. The first kappa shape index (κ1) is 72.2. The van der Waals surface area contributed by atoms with Gasteiger partial charge >= 0.3 is 11.9 Å². The number of anilines is 2. The molecular weight excluding hydrogens is 1140 g/mol. The standard InChI is InChI=1S/C65H84N10O10.C5H12/c1-38(2)50(33-40(5)63(83)84)74(13)62(82)58(64(7,8)9)70-61(81)57(66-12)65(10,11)45-23-20-21-43(34-45)35-53(78)85-37-42-29-31-46(32-30-42)68-59(79)41(6)67-60(80)54(39(3)4)69-51(76)27-18-19-28-52(77)75-36-44-22-14-15-24-47(44)55-56(72-73-71-55)48-25-16-17-26-49(48)75;1-5(2,3)4/h14-17,20-26,29-34,38-39,41,50,54,57-58,66H,18-19,27-28,35-37H2,1-13H3,(H,67,80)(H,68,79)(H,69,76)(H,70,81)(H,83,84)(H,71,72,73);1-4H3/b40-33+;/t41-,50+,54-,57+,58+;/m0./s1. The van der Waals surface area contributed by atoms with Crippen LogP contribution < -0.4 is 31.5 Å². The predicted molar refractivity (Wildman–Crippen MR) is 351 cm³/mol. The van der Waals surface area contributed by atoms with E-state index in [2.05, 4.69) is 69.7 Å². The number of hydrogen-bond donors (Lipinski definition) is 7. The minimum absolute atomic E-state index is 0.0431. The zero-order valence-corrected chi connectivity index (χ0v) is 55.7. The molecule has 486 valence electrons. The molecule has 1 aromatic heterocycles. The minimum Gasteiger partial charge on any atom is -0.478 e. The van der Waals surface area contributed by atoms with Crippen LogP contribution in [0.4, 0.5) is 11.4 Å². The number of nitrogens with zero attached hydrogens (tertiary/aromatic N) is 4. The Hall–Kier alpha value is -8.52. The summed E-state index contributed by atoms with van der Waals surface area (Å²) < 4.78 is 5.64. The van der Waals surface area contributed by atoms with Gasteiger partial charge in [-0.1, -0.05) is 175 Å². The highest BCUT2D eigenvalue weighted by Gasteiger charge is 2.42.